The van der Waals surface area contributed by atoms with E-state index in [4.69, 9.17) is 21.1 Å². The molecule has 1 aromatic carbocycles. The molecule has 23 heavy (non-hydrogen) atoms. The summed E-state index contributed by atoms with van der Waals surface area (Å²) >= 11 is 6.01. The Hall–Kier alpha value is -2.08. The molecule has 124 valence electrons. The van der Waals surface area contributed by atoms with Crippen LogP contribution < -0.4 is 4.90 Å². The highest BCUT2D eigenvalue weighted by atomic mass is 35.5. The molecular formula is C16H18ClNO5. The summed E-state index contributed by atoms with van der Waals surface area (Å²) in [6.07, 6.45) is 0. The fourth-order valence-electron chi connectivity index (χ4n) is 2.69. The van der Waals surface area contributed by atoms with Crippen LogP contribution in [0.5, 0.6) is 0 Å². The number of likely N-dealkylation sites (N-methyl/N-ethyl adjacent to an activating group) is 1. The van der Waals surface area contributed by atoms with Gasteiger partial charge in [0, 0.05) is 17.8 Å². The molecule has 0 saturated carbocycles. The van der Waals surface area contributed by atoms with Crippen LogP contribution in [0.3, 0.4) is 0 Å². The first-order valence-electron chi connectivity index (χ1n) is 7.32. The summed E-state index contributed by atoms with van der Waals surface area (Å²) in [4.78, 5) is 38.5. The van der Waals surface area contributed by atoms with E-state index in [0.717, 1.165) is 0 Å². The minimum atomic E-state index is -1.34. The van der Waals surface area contributed by atoms with Gasteiger partial charge in [-0.3, -0.25) is 14.4 Å². The molecule has 7 heteroatoms. The van der Waals surface area contributed by atoms with Crippen molar-refractivity contribution < 1.29 is 23.9 Å². The van der Waals surface area contributed by atoms with Gasteiger partial charge in [0.2, 0.25) is 5.91 Å². The van der Waals surface area contributed by atoms with Gasteiger partial charge in [-0.1, -0.05) is 11.6 Å². The number of amides is 1. The van der Waals surface area contributed by atoms with E-state index in [1.807, 2.05) is 0 Å². The van der Waals surface area contributed by atoms with E-state index in [-0.39, 0.29) is 19.1 Å². The smallest absolute Gasteiger partial charge is 0.321 e. The zero-order valence-corrected chi connectivity index (χ0v) is 13.9. The van der Waals surface area contributed by atoms with Gasteiger partial charge in [-0.05, 0) is 37.6 Å². The van der Waals surface area contributed by atoms with Gasteiger partial charge in [0.1, 0.15) is 0 Å². The van der Waals surface area contributed by atoms with Gasteiger partial charge >= 0.3 is 11.9 Å². The van der Waals surface area contributed by atoms with Crippen molar-refractivity contribution >= 4 is 35.1 Å². The molecule has 1 atom stereocenters. The van der Waals surface area contributed by atoms with Gasteiger partial charge in [0.15, 0.2) is 5.92 Å². The highest BCUT2D eigenvalue weighted by molar-refractivity contribution is 6.31. The Balaban J connectivity index is 2.50. The summed E-state index contributed by atoms with van der Waals surface area (Å²) in [5.41, 5.74) is 1.14. The molecule has 0 N–H and O–H groups in total. The topological polar surface area (TPSA) is 72.9 Å². The van der Waals surface area contributed by atoms with Crippen molar-refractivity contribution in [3.8, 4) is 0 Å². The molecule has 6 nitrogen and oxygen atoms in total. The maximum absolute atomic E-state index is 12.6. The molecule has 1 amide bonds. The van der Waals surface area contributed by atoms with Crippen molar-refractivity contribution in [2.45, 2.75) is 19.8 Å². The number of halogens is 1. The molecular weight excluding hydrogens is 322 g/mol. The Morgan fingerprint density at radius 1 is 1.22 bits per heavy atom. The van der Waals surface area contributed by atoms with Crippen molar-refractivity contribution in [3.05, 3.63) is 28.8 Å². The minimum Gasteiger partial charge on any atom is -0.465 e. The lowest BCUT2D eigenvalue weighted by atomic mass is 9.87. The second kappa shape index (κ2) is 7.00. The number of ether oxygens (including phenoxy) is 2. The standard InChI is InChI=1S/C16H18ClNO5/c1-4-22-15(20)13(16(21)23-5-2)12-10-8-9(17)6-7-11(10)18(3)14(12)19/h6-8,12-13H,4-5H2,1-3H3. The number of rotatable bonds is 5. The van der Waals surface area contributed by atoms with Crippen molar-refractivity contribution in [1.82, 2.24) is 0 Å². The largest absolute Gasteiger partial charge is 0.465 e. The predicted molar refractivity (Wildman–Crippen MR) is 84.4 cm³/mol. The van der Waals surface area contributed by atoms with E-state index >= 15 is 0 Å². The van der Waals surface area contributed by atoms with Crippen LogP contribution in [0.15, 0.2) is 18.2 Å². The fraction of sp³-hybridized carbons (Fsp3) is 0.438. The molecule has 1 unspecified atom stereocenters. The maximum atomic E-state index is 12.6. The van der Waals surface area contributed by atoms with Crippen LogP contribution in [-0.4, -0.2) is 38.1 Å². The predicted octanol–water partition coefficient (Wildman–Crippen LogP) is 2.14. The summed E-state index contributed by atoms with van der Waals surface area (Å²) < 4.78 is 9.94. The number of esters is 2. The first kappa shape index (κ1) is 17.3. The Bertz CT molecular complexity index is 627. The molecule has 0 aliphatic carbocycles. The van der Waals surface area contributed by atoms with Gasteiger partial charge in [0.25, 0.3) is 0 Å². The lowest BCUT2D eigenvalue weighted by Gasteiger charge is -2.20. The Labute approximate surface area is 139 Å². The van der Waals surface area contributed by atoms with E-state index in [1.54, 1.807) is 39.1 Å². The third-order valence-corrected chi connectivity index (χ3v) is 3.93. The molecule has 0 radical (unpaired) electrons. The van der Waals surface area contributed by atoms with Crippen LogP contribution in [0, 0.1) is 5.92 Å². The van der Waals surface area contributed by atoms with Gasteiger partial charge in [-0.2, -0.15) is 0 Å². The van der Waals surface area contributed by atoms with Gasteiger partial charge in [0.05, 0.1) is 19.1 Å². The fourth-order valence-corrected chi connectivity index (χ4v) is 2.88. The van der Waals surface area contributed by atoms with E-state index in [1.165, 1.54) is 4.90 Å². The van der Waals surface area contributed by atoms with Gasteiger partial charge < -0.3 is 14.4 Å². The first-order valence-corrected chi connectivity index (χ1v) is 7.70. The van der Waals surface area contributed by atoms with Crippen LogP contribution >= 0.6 is 11.6 Å². The number of nitrogens with zero attached hydrogens (tertiary/aromatic N) is 1. The summed E-state index contributed by atoms with van der Waals surface area (Å²) in [6, 6.07) is 4.92. The third-order valence-electron chi connectivity index (χ3n) is 3.70. The number of hydrogen-bond acceptors (Lipinski definition) is 5. The normalized spacial score (nSPS) is 16.5. The number of hydrogen-bond donors (Lipinski definition) is 0. The zero-order valence-electron chi connectivity index (χ0n) is 13.2. The quantitative estimate of drug-likeness (QED) is 0.607. The van der Waals surface area contributed by atoms with Crippen molar-refractivity contribution in [1.29, 1.82) is 0 Å². The Kier molecular flexibility index (Phi) is 5.26. The number of benzene rings is 1. The number of fused-ring (bicyclic) bond motifs is 1. The van der Waals surface area contributed by atoms with Crippen molar-refractivity contribution in [2.75, 3.05) is 25.2 Å². The van der Waals surface area contributed by atoms with Crippen LogP contribution in [0.4, 0.5) is 5.69 Å². The number of carbonyl (C=O) groups excluding carboxylic acids is 3. The van der Waals surface area contributed by atoms with Crippen molar-refractivity contribution in [3.63, 3.8) is 0 Å². The Morgan fingerprint density at radius 2 is 1.78 bits per heavy atom. The second-order valence-electron chi connectivity index (χ2n) is 5.06. The molecule has 0 aromatic heterocycles. The highest BCUT2D eigenvalue weighted by Crippen LogP contribution is 2.42. The van der Waals surface area contributed by atoms with Gasteiger partial charge in [-0.25, -0.2) is 0 Å². The highest BCUT2D eigenvalue weighted by Gasteiger charge is 2.48. The maximum Gasteiger partial charge on any atom is 0.321 e. The van der Waals surface area contributed by atoms with Crippen LogP contribution in [0.25, 0.3) is 0 Å². The van der Waals surface area contributed by atoms with Gasteiger partial charge in [-0.15, -0.1) is 0 Å². The second-order valence-corrected chi connectivity index (χ2v) is 5.50. The first-order chi connectivity index (χ1) is 10.9. The monoisotopic (exact) mass is 339 g/mol. The summed E-state index contributed by atoms with van der Waals surface area (Å²) in [5.74, 6) is -4.25. The molecule has 0 fully saturated rings. The molecule has 0 bridgehead atoms. The van der Waals surface area contributed by atoms with E-state index in [9.17, 15) is 14.4 Å². The number of carbonyl (C=O) groups is 3. The molecule has 1 aliphatic heterocycles. The molecule has 2 rings (SSSR count). The SMILES string of the molecule is CCOC(=O)C(C(=O)OCC)C1C(=O)N(C)c2ccc(Cl)cc21. The summed E-state index contributed by atoms with van der Waals surface area (Å²) in [5, 5.41) is 0.420. The zero-order chi connectivity index (χ0) is 17.1. The van der Waals surface area contributed by atoms with Crippen molar-refractivity contribution in [2.24, 2.45) is 5.92 Å². The summed E-state index contributed by atoms with van der Waals surface area (Å²) in [6.45, 7) is 3.48. The Morgan fingerprint density at radius 3 is 2.30 bits per heavy atom. The average Bonchev–Trinajstić information content (AvgIpc) is 2.73. The van der Waals surface area contributed by atoms with E-state index < -0.39 is 23.8 Å². The number of anilines is 1. The third kappa shape index (κ3) is 3.17. The molecule has 1 aromatic rings. The molecule has 1 heterocycles. The van der Waals surface area contributed by atoms with Crippen LogP contribution in [0.2, 0.25) is 5.02 Å². The van der Waals surface area contributed by atoms with E-state index in [0.29, 0.717) is 16.3 Å². The van der Waals surface area contributed by atoms with Crippen LogP contribution in [-0.2, 0) is 23.9 Å². The minimum absolute atomic E-state index is 0.105. The van der Waals surface area contributed by atoms with Crippen LogP contribution in [0.1, 0.15) is 25.3 Å². The lowest BCUT2D eigenvalue weighted by molar-refractivity contribution is -0.164. The summed E-state index contributed by atoms with van der Waals surface area (Å²) in [7, 11) is 1.59. The molecule has 0 saturated heterocycles. The molecule has 1 aliphatic rings. The average molecular weight is 340 g/mol. The lowest BCUT2D eigenvalue weighted by Crippen LogP contribution is -2.38. The molecule has 0 spiro atoms. The van der Waals surface area contributed by atoms with E-state index in [2.05, 4.69) is 0 Å².